The fraction of sp³-hybridized carbons (Fsp3) is 0.588. The largest absolute Gasteiger partial charge is 0.198 e. The number of rotatable bonds is 2. The summed E-state index contributed by atoms with van der Waals surface area (Å²) in [5, 5.41) is 9.83. The lowest BCUT2D eigenvalue weighted by Gasteiger charge is -2.39. The summed E-state index contributed by atoms with van der Waals surface area (Å²) in [4.78, 5) is 1.26. The Kier molecular flexibility index (Phi) is 5.20. The molecule has 3 atom stereocenters. The summed E-state index contributed by atoms with van der Waals surface area (Å²) >= 11 is 5.40. The van der Waals surface area contributed by atoms with E-state index in [1.54, 1.807) is 0 Å². The minimum atomic E-state index is 0.192. The van der Waals surface area contributed by atoms with Gasteiger partial charge in [0.1, 0.15) is 0 Å². The zero-order chi connectivity index (χ0) is 14.8. The molecule has 1 aliphatic rings. The topological polar surface area (TPSA) is 23.8 Å². The summed E-state index contributed by atoms with van der Waals surface area (Å²) in [6.07, 6.45) is 3.39. The lowest BCUT2D eigenvalue weighted by Crippen LogP contribution is -2.32. The van der Waals surface area contributed by atoms with Gasteiger partial charge in [-0.3, -0.25) is 0 Å². The highest BCUT2D eigenvalue weighted by atomic mass is 79.9. The van der Waals surface area contributed by atoms with E-state index >= 15 is 0 Å². The maximum Gasteiger partial charge on any atom is 0.0667 e. The quantitative estimate of drug-likeness (QED) is 0.662. The maximum atomic E-state index is 9.41. The van der Waals surface area contributed by atoms with Gasteiger partial charge in [-0.15, -0.1) is 11.8 Å². The molecule has 0 radical (unpaired) electrons. The molecule has 1 fully saturated rings. The van der Waals surface area contributed by atoms with Crippen LogP contribution in [0.3, 0.4) is 0 Å². The van der Waals surface area contributed by atoms with Crippen LogP contribution in [0.5, 0.6) is 0 Å². The third kappa shape index (κ3) is 4.02. The highest BCUT2D eigenvalue weighted by molar-refractivity contribution is 9.10. The van der Waals surface area contributed by atoms with Crippen LogP contribution in [0, 0.1) is 28.6 Å². The number of nitriles is 1. The molecule has 20 heavy (non-hydrogen) atoms. The van der Waals surface area contributed by atoms with Crippen molar-refractivity contribution in [1.82, 2.24) is 0 Å². The number of nitrogens with zero attached hydrogens (tertiary/aromatic N) is 1. The molecular weight excluding hydrogens is 330 g/mol. The molecule has 0 amide bonds. The second kappa shape index (κ2) is 6.54. The van der Waals surface area contributed by atoms with Gasteiger partial charge < -0.3 is 0 Å². The SMILES string of the molecule is CC(C)(C)C1CCC(C#N)C(Sc2cccc(Br)c2)C1. The number of hydrogen-bond donors (Lipinski definition) is 0. The van der Waals surface area contributed by atoms with Crippen LogP contribution in [0.4, 0.5) is 0 Å². The van der Waals surface area contributed by atoms with E-state index in [1.165, 1.54) is 11.3 Å². The van der Waals surface area contributed by atoms with Crippen LogP contribution in [0.25, 0.3) is 0 Å². The first-order chi connectivity index (χ1) is 9.40. The predicted octanol–water partition coefficient (Wildman–Crippen LogP) is 5.90. The number of hydrogen-bond acceptors (Lipinski definition) is 2. The Balaban J connectivity index is 2.12. The van der Waals surface area contributed by atoms with Crippen molar-refractivity contribution in [1.29, 1.82) is 5.26 Å². The molecule has 2 rings (SSSR count). The van der Waals surface area contributed by atoms with E-state index in [4.69, 9.17) is 0 Å². The molecule has 0 spiro atoms. The third-order valence-corrected chi connectivity index (χ3v) is 6.11. The second-order valence-electron chi connectivity index (χ2n) is 6.73. The molecule has 0 aliphatic heterocycles. The van der Waals surface area contributed by atoms with Crippen LogP contribution in [0.1, 0.15) is 40.0 Å². The summed E-state index contributed by atoms with van der Waals surface area (Å²) in [5.74, 6) is 0.911. The first-order valence-electron chi connectivity index (χ1n) is 7.22. The van der Waals surface area contributed by atoms with Crippen molar-refractivity contribution < 1.29 is 0 Å². The van der Waals surface area contributed by atoms with Crippen molar-refractivity contribution in [3.8, 4) is 6.07 Å². The highest BCUT2D eigenvalue weighted by Gasteiger charge is 2.36. The van der Waals surface area contributed by atoms with E-state index in [0.29, 0.717) is 10.7 Å². The summed E-state index contributed by atoms with van der Waals surface area (Å²) in [6.45, 7) is 6.97. The molecule has 0 bridgehead atoms. The molecule has 1 aliphatic carbocycles. The molecule has 3 heteroatoms. The molecule has 3 unspecified atom stereocenters. The van der Waals surface area contributed by atoms with E-state index in [2.05, 4.69) is 61.0 Å². The molecule has 1 nitrogen and oxygen atoms in total. The smallest absolute Gasteiger partial charge is 0.0667 e. The standard InChI is InChI=1S/C17H22BrNS/c1-17(2,3)13-8-7-12(11-19)16(9-13)20-15-6-4-5-14(18)10-15/h4-6,10,12-13,16H,7-9H2,1-3H3. The Labute approximate surface area is 135 Å². The van der Waals surface area contributed by atoms with Crippen LogP contribution in [0.2, 0.25) is 0 Å². The molecule has 108 valence electrons. The van der Waals surface area contributed by atoms with Gasteiger partial charge in [0, 0.05) is 14.6 Å². The Morgan fingerprint density at radius 3 is 2.65 bits per heavy atom. The van der Waals surface area contributed by atoms with Crippen molar-refractivity contribution in [2.75, 3.05) is 0 Å². The third-order valence-electron chi connectivity index (χ3n) is 4.27. The summed E-state index contributed by atoms with van der Waals surface area (Å²) in [7, 11) is 0. The Bertz CT molecular complexity index is 500. The fourth-order valence-corrected chi connectivity index (χ4v) is 4.85. The molecule has 1 saturated carbocycles. The number of benzene rings is 1. The molecule has 0 N–H and O–H groups in total. The van der Waals surface area contributed by atoms with E-state index in [9.17, 15) is 5.26 Å². The van der Waals surface area contributed by atoms with Gasteiger partial charge in [0.25, 0.3) is 0 Å². The maximum absolute atomic E-state index is 9.41. The van der Waals surface area contributed by atoms with Gasteiger partial charge in [0.15, 0.2) is 0 Å². The van der Waals surface area contributed by atoms with E-state index in [-0.39, 0.29) is 5.92 Å². The van der Waals surface area contributed by atoms with Crippen LogP contribution in [-0.4, -0.2) is 5.25 Å². The molecule has 0 saturated heterocycles. The Morgan fingerprint density at radius 1 is 1.30 bits per heavy atom. The average Bonchev–Trinajstić information content (AvgIpc) is 2.37. The van der Waals surface area contributed by atoms with Crippen molar-refractivity contribution in [2.24, 2.45) is 17.3 Å². The molecular formula is C17H22BrNS. The molecule has 1 aromatic carbocycles. The van der Waals surface area contributed by atoms with Gasteiger partial charge >= 0.3 is 0 Å². The predicted molar refractivity (Wildman–Crippen MR) is 89.7 cm³/mol. The molecule has 0 heterocycles. The Hall–Kier alpha value is -0.460. The molecule has 0 aromatic heterocycles. The summed E-state index contributed by atoms with van der Waals surface area (Å²) < 4.78 is 1.11. The van der Waals surface area contributed by atoms with Crippen LogP contribution >= 0.6 is 27.7 Å². The number of thioether (sulfide) groups is 1. The summed E-state index contributed by atoms with van der Waals surface area (Å²) in [6, 6.07) is 10.9. The van der Waals surface area contributed by atoms with Crippen LogP contribution in [-0.2, 0) is 0 Å². The minimum absolute atomic E-state index is 0.192. The minimum Gasteiger partial charge on any atom is -0.198 e. The van der Waals surface area contributed by atoms with E-state index in [0.717, 1.165) is 23.2 Å². The van der Waals surface area contributed by atoms with E-state index in [1.807, 2.05) is 17.8 Å². The fourth-order valence-electron chi connectivity index (χ4n) is 2.91. The van der Waals surface area contributed by atoms with Gasteiger partial charge in [-0.2, -0.15) is 5.26 Å². The van der Waals surface area contributed by atoms with Gasteiger partial charge in [-0.05, 0) is 48.8 Å². The van der Waals surface area contributed by atoms with Gasteiger partial charge in [-0.1, -0.05) is 42.8 Å². The zero-order valence-electron chi connectivity index (χ0n) is 12.4. The molecule has 1 aromatic rings. The van der Waals surface area contributed by atoms with Crippen molar-refractivity contribution >= 4 is 27.7 Å². The van der Waals surface area contributed by atoms with E-state index < -0.39 is 0 Å². The zero-order valence-corrected chi connectivity index (χ0v) is 14.8. The first kappa shape index (κ1) is 15.9. The van der Waals surface area contributed by atoms with Gasteiger partial charge in [-0.25, -0.2) is 0 Å². The Morgan fingerprint density at radius 2 is 2.05 bits per heavy atom. The monoisotopic (exact) mass is 351 g/mol. The van der Waals surface area contributed by atoms with Crippen molar-refractivity contribution in [2.45, 2.75) is 50.2 Å². The highest BCUT2D eigenvalue weighted by Crippen LogP contribution is 2.45. The lowest BCUT2D eigenvalue weighted by molar-refractivity contribution is 0.169. The normalized spacial score (nSPS) is 27.1. The van der Waals surface area contributed by atoms with Crippen molar-refractivity contribution in [3.63, 3.8) is 0 Å². The van der Waals surface area contributed by atoms with Crippen LogP contribution in [0.15, 0.2) is 33.6 Å². The van der Waals surface area contributed by atoms with Crippen molar-refractivity contribution in [3.05, 3.63) is 28.7 Å². The first-order valence-corrected chi connectivity index (χ1v) is 8.89. The average molecular weight is 352 g/mol. The summed E-state index contributed by atoms with van der Waals surface area (Å²) in [5.41, 5.74) is 0.344. The lowest BCUT2D eigenvalue weighted by atomic mass is 9.70. The second-order valence-corrected chi connectivity index (χ2v) is 8.95. The van der Waals surface area contributed by atoms with Gasteiger partial charge in [0.2, 0.25) is 0 Å². The van der Waals surface area contributed by atoms with Gasteiger partial charge in [0.05, 0.1) is 12.0 Å². The number of halogens is 1. The van der Waals surface area contributed by atoms with Crippen LogP contribution < -0.4 is 0 Å².